The van der Waals surface area contributed by atoms with Gasteiger partial charge in [0.15, 0.2) is 0 Å². The molecule has 2 rings (SSSR count). The maximum Gasteiger partial charge on any atom is 0.390 e. The van der Waals surface area contributed by atoms with Gasteiger partial charge in [0.25, 0.3) is 0 Å². The number of ether oxygens (including phenoxy) is 1. The molecule has 0 bridgehead atoms. The zero-order chi connectivity index (χ0) is 17.0. The van der Waals surface area contributed by atoms with Crippen molar-refractivity contribution in [3.63, 3.8) is 0 Å². The molecule has 1 aromatic rings. The van der Waals surface area contributed by atoms with Gasteiger partial charge in [-0.05, 0) is 6.07 Å². The number of carbonyl (C=O) groups excluding carboxylic acids is 1. The molecule has 1 saturated heterocycles. The molecule has 0 unspecified atom stereocenters. The summed E-state index contributed by atoms with van der Waals surface area (Å²) in [5.74, 6) is 0.556. The molecule has 0 N–H and O–H groups in total. The Hall–Kier alpha value is -1.76. The largest absolute Gasteiger partial charge is 0.496 e. The van der Waals surface area contributed by atoms with Crippen LogP contribution in [0.4, 0.5) is 13.2 Å². The molecule has 0 aromatic heterocycles. The zero-order valence-electron chi connectivity index (χ0n) is 13.3. The highest BCUT2D eigenvalue weighted by Crippen LogP contribution is 2.33. The molecule has 1 aliphatic heterocycles. The number of alkyl halides is 3. The van der Waals surface area contributed by atoms with Crippen LogP contribution in [0.15, 0.2) is 24.3 Å². The van der Waals surface area contributed by atoms with Gasteiger partial charge in [-0.15, -0.1) is 0 Å². The monoisotopic (exact) mass is 330 g/mol. The maximum absolute atomic E-state index is 12.6. The van der Waals surface area contributed by atoms with Crippen molar-refractivity contribution in [2.45, 2.75) is 25.6 Å². The summed E-state index contributed by atoms with van der Waals surface area (Å²) in [6.07, 6.45) is -5.05. The van der Waals surface area contributed by atoms with E-state index in [1.165, 1.54) is 14.0 Å². The number of piperazine rings is 1. The molecule has 0 radical (unpaired) electrons. The molecule has 23 heavy (non-hydrogen) atoms. The molecular formula is C16H21F3N2O2. The normalized spacial score (nSPS) is 19.7. The molecule has 128 valence electrons. The minimum Gasteiger partial charge on any atom is -0.496 e. The average Bonchev–Trinajstić information content (AvgIpc) is 2.52. The molecule has 0 saturated carbocycles. The van der Waals surface area contributed by atoms with Gasteiger partial charge in [0.1, 0.15) is 5.75 Å². The van der Waals surface area contributed by atoms with Gasteiger partial charge >= 0.3 is 6.18 Å². The van der Waals surface area contributed by atoms with Crippen molar-refractivity contribution in [3.05, 3.63) is 29.8 Å². The van der Waals surface area contributed by atoms with E-state index in [0.717, 1.165) is 5.56 Å². The lowest BCUT2D eigenvalue weighted by atomic mass is 10.0. The second-order valence-electron chi connectivity index (χ2n) is 5.62. The highest BCUT2D eigenvalue weighted by Gasteiger charge is 2.34. The van der Waals surface area contributed by atoms with Gasteiger partial charge in [-0.3, -0.25) is 9.69 Å². The van der Waals surface area contributed by atoms with Gasteiger partial charge in [0.2, 0.25) is 5.91 Å². The number of carbonyl (C=O) groups is 1. The van der Waals surface area contributed by atoms with Crippen LogP contribution in [0.5, 0.6) is 5.75 Å². The molecule has 1 atom stereocenters. The van der Waals surface area contributed by atoms with E-state index in [9.17, 15) is 18.0 Å². The Labute approximate surface area is 133 Å². The number of para-hydroxylation sites is 1. The van der Waals surface area contributed by atoms with Crippen LogP contribution in [-0.2, 0) is 4.79 Å². The van der Waals surface area contributed by atoms with Crippen molar-refractivity contribution in [1.29, 1.82) is 0 Å². The topological polar surface area (TPSA) is 32.8 Å². The lowest BCUT2D eigenvalue weighted by Gasteiger charge is -2.41. The van der Waals surface area contributed by atoms with Crippen LogP contribution in [0.25, 0.3) is 0 Å². The van der Waals surface area contributed by atoms with Crippen LogP contribution in [0.2, 0.25) is 0 Å². The average molecular weight is 330 g/mol. The molecule has 0 spiro atoms. The van der Waals surface area contributed by atoms with Gasteiger partial charge < -0.3 is 9.64 Å². The van der Waals surface area contributed by atoms with Crippen LogP contribution in [-0.4, -0.2) is 55.2 Å². The van der Waals surface area contributed by atoms with E-state index in [-0.39, 0.29) is 18.5 Å². The van der Waals surface area contributed by atoms with Crippen LogP contribution in [0.1, 0.15) is 24.9 Å². The number of benzene rings is 1. The van der Waals surface area contributed by atoms with E-state index in [1.54, 1.807) is 15.9 Å². The number of halogens is 3. The first-order valence-electron chi connectivity index (χ1n) is 7.51. The SMILES string of the molecule is COc1ccccc1[C@@H]1CN(C(C)=O)CCN1CCC(F)(F)F. The Bertz CT molecular complexity index is 548. The molecule has 1 amide bonds. The Balaban J connectivity index is 2.24. The van der Waals surface area contributed by atoms with Gasteiger partial charge in [-0.2, -0.15) is 13.2 Å². The summed E-state index contributed by atoms with van der Waals surface area (Å²) < 4.78 is 43.1. The highest BCUT2D eigenvalue weighted by atomic mass is 19.4. The Kier molecular flexibility index (Phi) is 5.51. The molecule has 1 heterocycles. The van der Waals surface area contributed by atoms with E-state index < -0.39 is 12.6 Å². The van der Waals surface area contributed by atoms with E-state index in [4.69, 9.17) is 4.74 Å². The molecule has 0 aliphatic carbocycles. The van der Waals surface area contributed by atoms with Crippen LogP contribution < -0.4 is 4.74 Å². The summed E-state index contributed by atoms with van der Waals surface area (Å²) in [4.78, 5) is 15.1. The molecule has 1 aromatic carbocycles. The third-order valence-electron chi connectivity index (χ3n) is 4.12. The van der Waals surface area contributed by atoms with Crippen molar-refractivity contribution in [3.8, 4) is 5.75 Å². The Morgan fingerprint density at radius 3 is 2.61 bits per heavy atom. The first-order valence-corrected chi connectivity index (χ1v) is 7.51. The number of amides is 1. The first kappa shape index (κ1) is 17.6. The molecule has 1 aliphatic rings. The lowest BCUT2D eigenvalue weighted by molar-refractivity contribution is -0.143. The fourth-order valence-electron chi connectivity index (χ4n) is 2.88. The third-order valence-corrected chi connectivity index (χ3v) is 4.12. The number of nitrogens with zero attached hydrogens (tertiary/aromatic N) is 2. The smallest absolute Gasteiger partial charge is 0.390 e. The Morgan fingerprint density at radius 2 is 2.00 bits per heavy atom. The summed E-state index contributed by atoms with van der Waals surface area (Å²) >= 11 is 0. The molecule has 4 nitrogen and oxygen atoms in total. The predicted molar refractivity (Wildman–Crippen MR) is 80.2 cm³/mol. The maximum atomic E-state index is 12.6. The van der Waals surface area contributed by atoms with Crippen LogP contribution in [0.3, 0.4) is 0 Å². The first-order chi connectivity index (χ1) is 10.8. The summed E-state index contributed by atoms with van der Waals surface area (Å²) in [6.45, 7) is 2.62. The van der Waals surface area contributed by atoms with Crippen molar-refractivity contribution >= 4 is 5.91 Å². The summed E-state index contributed by atoms with van der Waals surface area (Å²) in [5, 5.41) is 0. The van der Waals surface area contributed by atoms with Crippen molar-refractivity contribution in [2.75, 3.05) is 33.3 Å². The zero-order valence-corrected chi connectivity index (χ0v) is 13.3. The number of rotatable bonds is 4. The molecule has 1 fully saturated rings. The fourth-order valence-corrected chi connectivity index (χ4v) is 2.88. The van der Waals surface area contributed by atoms with Crippen LogP contribution >= 0.6 is 0 Å². The van der Waals surface area contributed by atoms with Gasteiger partial charge in [-0.25, -0.2) is 0 Å². The summed E-state index contributed by atoms with van der Waals surface area (Å²) in [5.41, 5.74) is 0.808. The standard InChI is InChI=1S/C16H21F3N2O2/c1-12(22)21-10-9-20(8-7-16(17,18)19)14(11-21)13-5-3-4-6-15(13)23-2/h3-6,14H,7-11H2,1-2H3/t14-/m0/s1. The van der Waals surface area contributed by atoms with E-state index in [2.05, 4.69) is 0 Å². The van der Waals surface area contributed by atoms with Crippen molar-refractivity contribution < 1.29 is 22.7 Å². The number of hydrogen-bond donors (Lipinski definition) is 0. The second kappa shape index (κ2) is 7.21. The van der Waals surface area contributed by atoms with E-state index >= 15 is 0 Å². The van der Waals surface area contributed by atoms with Crippen molar-refractivity contribution in [1.82, 2.24) is 9.80 Å². The Morgan fingerprint density at radius 1 is 1.30 bits per heavy atom. The minimum atomic E-state index is -4.19. The van der Waals surface area contributed by atoms with Gasteiger partial charge in [0.05, 0.1) is 19.6 Å². The van der Waals surface area contributed by atoms with Crippen LogP contribution in [0, 0.1) is 0 Å². The summed E-state index contributed by atoms with van der Waals surface area (Å²) in [6, 6.07) is 6.96. The minimum absolute atomic E-state index is 0.0691. The quantitative estimate of drug-likeness (QED) is 0.851. The lowest BCUT2D eigenvalue weighted by Crippen LogP contribution is -2.50. The number of methoxy groups -OCH3 is 1. The highest BCUT2D eigenvalue weighted by molar-refractivity contribution is 5.73. The van der Waals surface area contributed by atoms with E-state index in [0.29, 0.717) is 25.4 Å². The van der Waals surface area contributed by atoms with Gasteiger partial charge in [-0.1, -0.05) is 18.2 Å². The molecule has 7 heteroatoms. The second-order valence-corrected chi connectivity index (χ2v) is 5.62. The van der Waals surface area contributed by atoms with E-state index in [1.807, 2.05) is 18.2 Å². The summed E-state index contributed by atoms with van der Waals surface area (Å²) in [7, 11) is 1.53. The molecular weight excluding hydrogens is 309 g/mol. The third kappa shape index (κ3) is 4.60. The predicted octanol–water partition coefficient (Wildman–Crippen LogP) is 2.85. The fraction of sp³-hybridized carbons (Fsp3) is 0.562. The number of hydrogen-bond acceptors (Lipinski definition) is 3. The van der Waals surface area contributed by atoms with Crippen molar-refractivity contribution in [2.24, 2.45) is 0 Å². The van der Waals surface area contributed by atoms with Gasteiger partial charge in [0, 0.05) is 38.7 Å².